The summed E-state index contributed by atoms with van der Waals surface area (Å²) >= 11 is 0. The second-order valence-electron chi connectivity index (χ2n) is 6.81. The monoisotopic (exact) mass is 368 g/mol. The molecule has 1 aliphatic rings. The van der Waals surface area contributed by atoms with Crippen LogP contribution in [0.3, 0.4) is 0 Å². The molecule has 1 saturated heterocycles. The van der Waals surface area contributed by atoms with E-state index in [0.29, 0.717) is 13.0 Å². The zero-order valence-corrected chi connectivity index (χ0v) is 15.9. The van der Waals surface area contributed by atoms with Crippen LogP contribution in [0.5, 0.6) is 5.75 Å². The molecule has 0 aromatic heterocycles. The molecular formula is C22H28N2O3. The maximum Gasteiger partial charge on any atom is 0.223 e. The highest BCUT2D eigenvalue weighted by Crippen LogP contribution is 2.17. The molecule has 1 heterocycles. The van der Waals surface area contributed by atoms with E-state index in [2.05, 4.69) is 22.3 Å². The molecule has 1 fully saturated rings. The van der Waals surface area contributed by atoms with Gasteiger partial charge in [0.25, 0.3) is 0 Å². The molecule has 144 valence electrons. The first kappa shape index (κ1) is 19.4. The number of nitrogens with one attached hydrogen (secondary N) is 1. The molecule has 5 nitrogen and oxygen atoms in total. The Morgan fingerprint density at radius 2 is 1.81 bits per heavy atom. The Balaban J connectivity index is 1.54. The summed E-state index contributed by atoms with van der Waals surface area (Å²) in [6, 6.07) is 18.0. The Bertz CT molecular complexity index is 715. The van der Waals surface area contributed by atoms with Gasteiger partial charge in [0.15, 0.2) is 0 Å². The summed E-state index contributed by atoms with van der Waals surface area (Å²) in [5.74, 6) is 0.837. The van der Waals surface area contributed by atoms with Gasteiger partial charge in [-0.05, 0) is 24.1 Å². The van der Waals surface area contributed by atoms with E-state index in [0.717, 1.165) is 49.7 Å². The van der Waals surface area contributed by atoms with Crippen LogP contribution in [0.1, 0.15) is 23.6 Å². The highest BCUT2D eigenvalue weighted by Gasteiger charge is 2.20. The summed E-state index contributed by atoms with van der Waals surface area (Å²) in [6.07, 6.45) is 0.334. The maximum absolute atomic E-state index is 12.5. The minimum absolute atomic E-state index is 0.00527. The number of nitrogens with zero attached hydrogens (tertiary/aromatic N) is 1. The van der Waals surface area contributed by atoms with E-state index in [-0.39, 0.29) is 11.9 Å². The third-order valence-electron chi connectivity index (χ3n) is 4.76. The lowest BCUT2D eigenvalue weighted by Crippen LogP contribution is -2.43. The van der Waals surface area contributed by atoms with Gasteiger partial charge < -0.3 is 14.8 Å². The minimum atomic E-state index is -0.0322. The summed E-state index contributed by atoms with van der Waals surface area (Å²) in [7, 11) is 0. The molecule has 0 unspecified atom stereocenters. The van der Waals surface area contributed by atoms with Crippen LogP contribution < -0.4 is 10.1 Å². The quantitative estimate of drug-likeness (QED) is 0.778. The van der Waals surface area contributed by atoms with E-state index in [9.17, 15) is 4.79 Å². The van der Waals surface area contributed by atoms with E-state index in [1.54, 1.807) is 0 Å². The largest absolute Gasteiger partial charge is 0.493 e. The molecule has 0 radical (unpaired) electrons. The first-order chi connectivity index (χ1) is 13.2. The third kappa shape index (κ3) is 6.08. The molecule has 1 N–H and O–H groups in total. The van der Waals surface area contributed by atoms with Crippen LogP contribution in [0.4, 0.5) is 0 Å². The van der Waals surface area contributed by atoms with Crippen LogP contribution >= 0.6 is 0 Å². The van der Waals surface area contributed by atoms with Crippen LogP contribution in [0.15, 0.2) is 54.6 Å². The number of ether oxygens (including phenoxy) is 2. The fraction of sp³-hybridized carbons (Fsp3) is 0.409. The molecule has 1 aliphatic heterocycles. The van der Waals surface area contributed by atoms with Gasteiger partial charge >= 0.3 is 0 Å². The molecule has 5 heteroatoms. The Morgan fingerprint density at radius 3 is 2.56 bits per heavy atom. The smallest absolute Gasteiger partial charge is 0.223 e. The van der Waals surface area contributed by atoms with Gasteiger partial charge in [-0.2, -0.15) is 0 Å². The number of aryl methyl sites for hydroxylation is 1. The van der Waals surface area contributed by atoms with E-state index < -0.39 is 0 Å². The zero-order valence-electron chi connectivity index (χ0n) is 15.9. The summed E-state index contributed by atoms with van der Waals surface area (Å²) in [5.41, 5.74) is 2.20. The molecule has 0 aliphatic carbocycles. The van der Waals surface area contributed by atoms with Crippen molar-refractivity contribution in [1.82, 2.24) is 10.2 Å². The molecule has 0 spiro atoms. The highest BCUT2D eigenvalue weighted by molar-refractivity contribution is 5.76. The molecule has 3 rings (SSSR count). The first-order valence-electron chi connectivity index (χ1n) is 9.55. The molecule has 2 aromatic carbocycles. The summed E-state index contributed by atoms with van der Waals surface area (Å²) in [5, 5.41) is 3.18. The summed E-state index contributed by atoms with van der Waals surface area (Å²) < 4.78 is 11.2. The normalized spacial score (nSPS) is 15.9. The van der Waals surface area contributed by atoms with Gasteiger partial charge in [0, 0.05) is 19.6 Å². The average molecular weight is 368 g/mol. The molecule has 0 saturated carbocycles. The van der Waals surface area contributed by atoms with Gasteiger partial charge in [0.2, 0.25) is 5.91 Å². The topological polar surface area (TPSA) is 50.8 Å². The van der Waals surface area contributed by atoms with Crippen molar-refractivity contribution in [2.24, 2.45) is 0 Å². The lowest BCUT2D eigenvalue weighted by molar-refractivity contribution is -0.122. The number of rotatable bonds is 8. The SMILES string of the molecule is Cc1ccccc1OCCC(=O)N[C@H](CN1CCOCC1)c1ccccc1. The molecule has 0 bridgehead atoms. The number of hydrogen-bond donors (Lipinski definition) is 1. The second kappa shape index (κ2) is 10.1. The van der Waals surface area contributed by atoms with Gasteiger partial charge in [-0.25, -0.2) is 0 Å². The number of carbonyl (C=O) groups is 1. The van der Waals surface area contributed by atoms with Crippen molar-refractivity contribution in [2.75, 3.05) is 39.5 Å². The Morgan fingerprint density at radius 1 is 1.11 bits per heavy atom. The molecule has 1 atom stereocenters. The predicted molar refractivity (Wildman–Crippen MR) is 106 cm³/mol. The summed E-state index contributed by atoms with van der Waals surface area (Å²) in [6.45, 7) is 6.46. The first-order valence-corrected chi connectivity index (χ1v) is 9.55. The van der Waals surface area contributed by atoms with Crippen LogP contribution in [-0.2, 0) is 9.53 Å². The van der Waals surface area contributed by atoms with Gasteiger partial charge in [0.1, 0.15) is 5.75 Å². The van der Waals surface area contributed by atoms with E-state index in [1.807, 2.05) is 49.4 Å². The fourth-order valence-corrected chi connectivity index (χ4v) is 3.20. The van der Waals surface area contributed by atoms with E-state index >= 15 is 0 Å². The Hall–Kier alpha value is -2.37. The Labute approximate surface area is 161 Å². The number of para-hydroxylation sites is 1. The highest BCUT2D eigenvalue weighted by atomic mass is 16.5. The lowest BCUT2D eigenvalue weighted by Gasteiger charge is -2.31. The van der Waals surface area contributed by atoms with Crippen LogP contribution in [0.25, 0.3) is 0 Å². The van der Waals surface area contributed by atoms with E-state index in [4.69, 9.17) is 9.47 Å². The van der Waals surface area contributed by atoms with Gasteiger partial charge in [-0.1, -0.05) is 48.5 Å². The second-order valence-corrected chi connectivity index (χ2v) is 6.81. The standard InChI is InChI=1S/C22H28N2O3/c1-18-7-5-6-10-21(18)27-14-11-22(25)23-20(19-8-3-2-4-9-19)17-24-12-15-26-16-13-24/h2-10,20H,11-17H2,1H3,(H,23,25)/t20-/m1/s1. The van der Waals surface area contributed by atoms with E-state index in [1.165, 1.54) is 0 Å². The average Bonchev–Trinajstić information content (AvgIpc) is 2.70. The van der Waals surface area contributed by atoms with Gasteiger partial charge in [-0.15, -0.1) is 0 Å². The van der Waals surface area contributed by atoms with Crippen molar-refractivity contribution < 1.29 is 14.3 Å². The van der Waals surface area contributed by atoms with Crippen LogP contribution in [-0.4, -0.2) is 50.3 Å². The number of hydrogen-bond acceptors (Lipinski definition) is 4. The fourth-order valence-electron chi connectivity index (χ4n) is 3.20. The summed E-state index contributed by atoms with van der Waals surface area (Å²) in [4.78, 5) is 14.8. The lowest BCUT2D eigenvalue weighted by atomic mass is 10.1. The maximum atomic E-state index is 12.5. The molecule has 2 aromatic rings. The van der Waals surface area contributed by atoms with Gasteiger partial charge in [0.05, 0.1) is 32.3 Å². The Kier molecular flexibility index (Phi) is 7.25. The van der Waals surface area contributed by atoms with Gasteiger partial charge in [-0.3, -0.25) is 9.69 Å². The molecule has 27 heavy (non-hydrogen) atoms. The van der Waals surface area contributed by atoms with Crippen molar-refractivity contribution in [3.8, 4) is 5.75 Å². The molecular weight excluding hydrogens is 340 g/mol. The van der Waals surface area contributed by atoms with Crippen LogP contribution in [0, 0.1) is 6.92 Å². The number of amides is 1. The van der Waals surface area contributed by atoms with Crippen LogP contribution in [0.2, 0.25) is 0 Å². The van der Waals surface area contributed by atoms with Crippen molar-refractivity contribution in [3.05, 3.63) is 65.7 Å². The minimum Gasteiger partial charge on any atom is -0.493 e. The number of benzene rings is 2. The number of carbonyl (C=O) groups excluding carboxylic acids is 1. The zero-order chi connectivity index (χ0) is 18.9. The van der Waals surface area contributed by atoms with Crippen molar-refractivity contribution in [1.29, 1.82) is 0 Å². The molecule has 1 amide bonds. The third-order valence-corrected chi connectivity index (χ3v) is 4.76. The van der Waals surface area contributed by atoms with Crippen molar-refractivity contribution >= 4 is 5.91 Å². The van der Waals surface area contributed by atoms with Crippen molar-refractivity contribution in [3.63, 3.8) is 0 Å². The predicted octanol–water partition coefficient (Wildman–Crippen LogP) is 2.95. The van der Waals surface area contributed by atoms with Crippen molar-refractivity contribution in [2.45, 2.75) is 19.4 Å². The number of morpholine rings is 1.